The van der Waals surface area contributed by atoms with Crippen molar-refractivity contribution >= 4 is 17.6 Å². The van der Waals surface area contributed by atoms with Crippen molar-refractivity contribution in [3.8, 4) is 11.5 Å². The molecular weight excluding hydrogens is 387 g/mol. The zero-order valence-corrected chi connectivity index (χ0v) is 15.9. The molecule has 10 heteroatoms. The Morgan fingerprint density at radius 3 is 2.28 bits per heavy atom. The fourth-order valence-corrected chi connectivity index (χ4v) is 2.40. The van der Waals surface area contributed by atoms with Crippen molar-refractivity contribution in [2.45, 2.75) is 19.6 Å². The van der Waals surface area contributed by atoms with Crippen molar-refractivity contribution in [2.75, 3.05) is 14.2 Å². The normalized spacial score (nSPS) is 11.3. The van der Waals surface area contributed by atoms with E-state index in [0.717, 1.165) is 12.1 Å². The van der Waals surface area contributed by atoms with Gasteiger partial charge in [0.05, 0.1) is 25.2 Å². The largest absolute Gasteiger partial charge is 0.493 e. The first-order chi connectivity index (χ1) is 13.8. The number of nitro groups is 1. The summed E-state index contributed by atoms with van der Waals surface area (Å²) in [5, 5.41) is 13.8. The number of benzene rings is 2. The number of hydrogen-bond donors (Lipinski definition) is 1. The zero-order chi connectivity index (χ0) is 21.6. The highest BCUT2D eigenvalue weighted by Crippen LogP contribution is 2.34. The lowest BCUT2D eigenvalue weighted by Crippen LogP contribution is -2.35. The van der Waals surface area contributed by atoms with E-state index in [2.05, 4.69) is 5.32 Å². The van der Waals surface area contributed by atoms with Gasteiger partial charge in [-0.25, -0.2) is 9.18 Å². The number of amides is 1. The van der Waals surface area contributed by atoms with E-state index >= 15 is 0 Å². The highest BCUT2D eigenvalue weighted by molar-refractivity contribution is 5.96. The van der Waals surface area contributed by atoms with Crippen molar-refractivity contribution in [2.24, 2.45) is 0 Å². The van der Waals surface area contributed by atoms with E-state index in [9.17, 15) is 24.1 Å². The molecule has 0 saturated heterocycles. The van der Waals surface area contributed by atoms with Crippen LogP contribution in [0.15, 0.2) is 36.4 Å². The van der Waals surface area contributed by atoms with Crippen LogP contribution in [0.3, 0.4) is 0 Å². The topological polar surface area (TPSA) is 117 Å². The van der Waals surface area contributed by atoms with Crippen LogP contribution < -0.4 is 14.8 Å². The van der Waals surface area contributed by atoms with Crippen molar-refractivity contribution in [1.82, 2.24) is 5.32 Å². The van der Waals surface area contributed by atoms with Gasteiger partial charge < -0.3 is 19.5 Å². The van der Waals surface area contributed by atoms with Gasteiger partial charge in [-0.2, -0.15) is 0 Å². The average Bonchev–Trinajstić information content (AvgIpc) is 2.71. The first-order valence-corrected chi connectivity index (χ1v) is 8.40. The molecule has 0 heterocycles. The number of carbonyl (C=O) groups excluding carboxylic acids is 2. The summed E-state index contributed by atoms with van der Waals surface area (Å²) in [6, 6.07) is 7.65. The van der Waals surface area contributed by atoms with Crippen LogP contribution >= 0.6 is 0 Å². The average molecular weight is 406 g/mol. The van der Waals surface area contributed by atoms with Crippen LogP contribution in [0, 0.1) is 15.9 Å². The minimum Gasteiger partial charge on any atom is -0.493 e. The highest BCUT2D eigenvalue weighted by Gasteiger charge is 2.28. The van der Waals surface area contributed by atoms with Crippen molar-refractivity contribution in [3.05, 3.63) is 63.5 Å². The quantitative estimate of drug-likeness (QED) is 0.407. The van der Waals surface area contributed by atoms with Gasteiger partial charge in [0.25, 0.3) is 11.6 Å². The summed E-state index contributed by atoms with van der Waals surface area (Å²) in [7, 11) is 2.61. The second-order valence-electron chi connectivity index (χ2n) is 5.87. The summed E-state index contributed by atoms with van der Waals surface area (Å²) >= 11 is 0. The molecule has 2 aromatic carbocycles. The van der Waals surface area contributed by atoms with Crippen LogP contribution in [0.2, 0.25) is 0 Å². The van der Waals surface area contributed by atoms with Crippen LogP contribution in [-0.2, 0) is 16.1 Å². The van der Waals surface area contributed by atoms with Gasteiger partial charge in [0.15, 0.2) is 17.6 Å². The fraction of sp³-hybridized carbons (Fsp3) is 0.263. The third kappa shape index (κ3) is 5.41. The number of nitro benzene ring substituents is 1. The molecule has 0 spiro atoms. The number of carbonyl (C=O) groups is 2. The van der Waals surface area contributed by atoms with Crippen LogP contribution in [0.1, 0.15) is 22.8 Å². The van der Waals surface area contributed by atoms with Crippen molar-refractivity contribution < 1.29 is 33.1 Å². The number of rotatable bonds is 8. The van der Waals surface area contributed by atoms with E-state index < -0.39 is 34.4 Å². The van der Waals surface area contributed by atoms with E-state index in [-0.39, 0.29) is 23.6 Å². The lowest BCUT2D eigenvalue weighted by atomic mass is 10.1. The first kappa shape index (κ1) is 21.6. The third-order valence-electron chi connectivity index (χ3n) is 3.95. The maximum atomic E-state index is 12.9. The number of hydrogen-bond acceptors (Lipinski definition) is 7. The molecule has 0 aromatic heterocycles. The summed E-state index contributed by atoms with van der Waals surface area (Å²) < 4.78 is 28.0. The van der Waals surface area contributed by atoms with Gasteiger partial charge in [-0.3, -0.25) is 14.9 Å². The number of nitrogens with zero attached hydrogens (tertiary/aromatic N) is 1. The molecule has 0 saturated carbocycles. The first-order valence-electron chi connectivity index (χ1n) is 8.40. The number of esters is 1. The Morgan fingerprint density at radius 2 is 1.72 bits per heavy atom. The van der Waals surface area contributed by atoms with Gasteiger partial charge >= 0.3 is 5.97 Å². The van der Waals surface area contributed by atoms with Gasteiger partial charge in [0.2, 0.25) is 0 Å². The summed E-state index contributed by atoms with van der Waals surface area (Å²) in [6.45, 7) is 1.42. The summed E-state index contributed by atoms with van der Waals surface area (Å²) in [4.78, 5) is 35.1. The number of methoxy groups -OCH3 is 2. The minimum atomic E-state index is -1.23. The van der Waals surface area contributed by atoms with Crippen molar-refractivity contribution in [1.29, 1.82) is 0 Å². The second-order valence-corrected chi connectivity index (χ2v) is 5.87. The van der Waals surface area contributed by atoms with E-state index in [0.29, 0.717) is 5.56 Å². The van der Waals surface area contributed by atoms with E-state index in [4.69, 9.17) is 14.2 Å². The molecule has 0 radical (unpaired) electrons. The Bertz CT molecular complexity index is 916. The molecule has 1 amide bonds. The lowest BCUT2D eigenvalue weighted by Gasteiger charge is -2.15. The minimum absolute atomic E-state index is 0.0702. The summed E-state index contributed by atoms with van der Waals surface area (Å²) in [5.41, 5.74) is -0.286. The molecule has 0 aliphatic rings. The van der Waals surface area contributed by atoms with Gasteiger partial charge in [-0.15, -0.1) is 0 Å². The standard InChI is InChI=1S/C19H19FN2O7/c1-11(18(23)21-10-12-4-6-13(20)7-5-12)29-19(24)14-8-16(27-2)17(28-3)9-15(14)22(25)26/h4-9,11H,10H2,1-3H3,(H,21,23). The van der Waals surface area contributed by atoms with E-state index in [1.807, 2.05) is 0 Å². The maximum Gasteiger partial charge on any atom is 0.346 e. The Hall–Kier alpha value is -3.69. The third-order valence-corrected chi connectivity index (χ3v) is 3.95. The zero-order valence-electron chi connectivity index (χ0n) is 15.9. The molecule has 1 atom stereocenters. The Balaban J connectivity index is 2.10. The van der Waals surface area contributed by atoms with Gasteiger partial charge in [0.1, 0.15) is 11.4 Å². The van der Waals surface area contributed by atoms with Gasteiger partial charge in [-0.05, 0) is 24.6 Å². The summed E-state index contributed by atoms with van der Waals surface area (Å²) in [6.07, 6.45) is -1.23. The fourth-order valence-electron chi connectivity index (χ4n) is 2.40. The molecule has 9 nitrogen and oxygen atoms in total. The van der Waals surface area contributed by atoms with Gasteiger partial charge in [-0.1, -0.05) is 12.1 Å². The number of nitrogens with one attached hydrogen (secondary N) is 1. The molecular formula is C19H19FN2O7. The van der Waals surface area contributed by atoms with Crippen molar-refractivity contribution in [3.63, 3.8) is 0 Å². The number of ether oxygens (including phenoxy) is 3. The lowest BCUT2D eigenvalue weighted by molar-refractivity contribution is -0.385. The second kappa shape index (κ2) is 9.49. The molecule has 2 aromatic rings. The molecule has 29 heavy (non-hydrogen) atoms. The Morgan fingerprint density at radius 1 is 1.14 bits per heavy atom. The predicted molar refractivity (Wildman–Crippen MR) is 99.3 cm³/mol. The molecule has 1 unspecified atom stereocenters. The highest BCUT2D eigenvalue weighted by atomic mass is 19.1. The number of halogens is 1. The summed E-state index contributed by atoms with van der Waals surface area (Å²) in [5.74, 6) is -1.92. The van der Waals surface area contributed by atoms with Crippen LogP contribution in [0.25, 0.3) is 0 Å². The van der Waals surface area contributed by atoms with Crippen LogP contribution in [-0.4, -0.2) is 37.1 Å². The smallest absolute Gasteiger partial charge is 0.346 e. The van der Waals surface area contributed by atoms with Gasteiger partial charge in [0, 0.05) is 12.6 Å². The molecule has 154 valence electrons. The van der Waals surface area contributed by atoms with E-state index in [1.54, 1.807) is 0 Å². The molecule has 0 fully saturated rings. The Labute approximate surface area is 165 Å². The molecule has 1 N–H and O–H groups in total. The molecule has 2 rings (SSSR count). The molecule has 0 aliphatic heterocycles. The molecule has 0 bridgehead atoms. The maximum absolute atomic E-state index is 12.9. The SMILES string of the molecule is COc1cc(C(=O)OC(C)C(=O)NCc2ccc(F)cc2)c([N+](=O)[O-])cc1OC. The predicted octanol–water partition coefficient (Wildman–Crippen LogP) is 2.61. The Kier molecular flexibility index (Phi) is 7.07. The molecule has 0 aliphatic carbocycles. The van der Waals surface area contributed by atoms with Crippen LogP contribution in [0.5, 0.6) is 11.5 Å². The monoisotopic (exact) mass is 406 g/mol. The van der Waals surface area contributed by atoms with E-state index in [1.165, 1.54) is 45.4 Å². The van der Waals surface area contributed by atoms with Crippen LogP contribution in [0.4, 0.5) is 10.1 Å².